The van der Waals surface area contributed by atoms with Crippen molar-refractivity contribution in [3.63, 3.8) is 0 Å². The Labute approximate surface area is 78.6 Å². The number of rotatable bonds is 4. The third kappa shape index (κ3) is 6.27. The van der Waals surface area contributed by atoms with Crippen LogP contribution in [0, 0.1) is 0 Å². The van der Waals surface area contributed by atoms with Crippen LogP contribution in [-0.4, -0.2) is 11.5 Å². The molecule has 0 heterocycles. The van der Waals surface area contributed by atoms with Crippen molar-refractivity contribution in [2.24, 2.45) is 5.84 Å². The number of nitrogens with two attached hydrogens (primary N) is 1. The highest BCUT2D eigenvalue weighted by Gasteiger charge is 1.95. The SMILES string of the molecule is C/C=C(\C=C(C)C)OSN(C)N. The van der Waals surface area contributed by atoms with Crippen molar-refractivity contribution in [1.29, 1.82) is 0 Å². The molecule has 0 unspecified atom stereocenters. The van der Waals surface area contributed by atoms with Crippen molar-refractivity contribution >= 4 is 12.2 Å². The fourth-order valence-electron chi connectivity index (χ4n) is 0.542. The summed E-state index contributed by atoms with van der Waals surface area (Å²) in [5.74, 6) is 6.17. The van der Waals surface area contributed by atoms with Crippen LogP contribution in [0.25, 0.3) is 0 Å². The molecule has 0 aliphatic rings. The molecule has 0 aromatic rings. The van der Waals surface area contributed by atoms with Gasteiger partial charge in [0.25, 0.3) is 0 Å². The van der Waals surface area contributed by atoms with Gasteiger partial charge in [-0.15, -0.1) is 0 Å². The molecule has 2 N–H and O–H groups in total. The van der Waals surface area contributed by atoms with E-state index in [4.69, 9.17) is 10.0 Å². The van der Waals surface area contributed by atoms with Crippen LogP contribution in [0.1, 0.15) is 20.8 Å². The largest absolute Gasteiger partial charge is 0.409 e. The third-order valence-corrected chi connectivity index (χ3v) is 1.47. The van der Waals surface area contributed by atoms with Crippen LogP contribution in [0.5, 0.6) is 0 Å². The first kappa shape index (κ1) is 11.6. The number of allylic oxidation sites excluding steroid dienone is 3. The summed E-state index contributed by atoms with van der Waals surface area (Å²) in [7, 11) is 1.72. The number of hydrazine groups is 1. The van der Waals surface area contributed by atoms with Gasteiger partial charge in [0.2, 0.25) is 0 Å². The summed E-state index contributed by atoms with van der Waals surface area (Å²) >= 11 is 1.10. The zero-order valence-electron chi connectivity index (χ0n) is 8.00. The van der Waals surface area contributed by atoms with Crippen molar-refractivity contribution in [3.8, 4) is 0 Å². The lowest BCUT2D eigenvalue weighted by atomic mass is 10.3. The topological polar surface area (TPSA) is 38.5 Å². The first-order chi connectivity index (χ1) is 5.56. The highest BCUT2D eigenvalue weighted by molar-refractivity contribution is 7.92. The second-order valence-corrected chi connectivity index (χ2v) is 3.51. The molecule has 4 heteroatoms. The molecule has 3 nitrogen and oxygen atoms in total. The molecule has 0 atom stereocenters. The maximum Gasteiger partial charge on any atom is 0.161 e. The maximum atomic E-state index is 5.35. The fraction of sp³-hybridized carbons (Fsp3) is 0.500. The first-order valence-corrected chi connectivity index (χ1v) is 4.40. The quantitative estimate of drug-likeness (QED) is 0.183. The van der Waals surface area contributed by atoms with Crippen LogP contribution in [0.3, 0.4) is 0 Å². The monoisotopic (exact) mass is 188 g/mol. The molecule has 0 amide bonds. The Morgan fingerprint density at radius 1 is 1.50 bits per heavy atom. The molecule has 70 valence electrons. The van der Waals surface area contributed by atoms with Crippen molar-refractivity contribution in [3.05, 3.63) is 23.5 Å². The Balaban J connectivity index is 3.95. The first-order valence-electron chi connectivity index (χ1n) is 3.70. The van der Waals surface area contributed by atoms with E-state index in [0.29, 0.717) is 0 Å². The summed E-state index contributed by atoms with van der Waals surface area (Å²) in [6.45, 7) is 5.96. The predicted molar refractivity (Wildman–Crippen MR) is 53.8 cm³/mol. The highest BCUT2D eigenvalue weighted by atomic mass is 32.2. The summed E-state index contributed by atoms with van der Waals surface area (Å²) in [6, 6.07) is 0. The van der Waals surface area contributed by atoms with Gasteiger partial charge in [0, 0.05) is 7.05 Å². The average Bonchev–Trinajstić information content (AvgIpc) is 1.97. The van der Waals surface area contributed by atoms with Gasteiger partial charge in [0.1, 0.15) is 5.76 Å². The molecule has 0 aliphatic heterocycles. The van der Waals surface area contributed by atoms with E-state index in [1.165, 1.54) is 9.99 Å². The van der Waals surface area contributed by atoms with Gasteiger partial charge >= 0.3 is 0 Å². The molecule has 0 radical (unpaired) electrons. The Hall–Kier alpha value is -0.450. The van der Waals surface area contributed by atoms with Crippen LogP contribution < -0.4 is 5.84 Å². The van der Waals surface area contributed by atoms with Gasteiger partial charge in [-0.25, -0.2) is 0 Å². The van der Waals surface area contributed by atoms with E-state index in [0.717, 1.165) is 18.0 Å². The summed E-state index contributed by atoms with van der Waals surface area (Å²) in [6.07, 6.45) is 3.85. The van der Waals surface area contributed by atoms with Crippen LogP contribution in [0.4, 0.5) is 0 Å². The summed E-state index contributed by atoms with van der Waals surface area (Å²) < 4.78 is 6.67. The van der Waals surface area contributed by atoms with Crippen molar-refractivity contribution in [2.75, 3.05) is 7.05 Å². The van der Waals surface area contributed by atoms with E-state index in [9.17, 15) is 0 Å². The Bertz CT molecular complexity index is 183. The highest BCUT2D eigenvalue weighted by Crippen LogP contribution is 2.13. The molecule has 0 saturated carbocycles. The average molecular weight is 188 g/mol. The van der Waals surface area contributed by atoms with Gasteiger partial charge in [-0.2, -0.15) is 4.41 Å². The van der Waals surface area contributed by atoms with E-state index in [2.05, 4.69) is 0 Å². The van der Waals surface area contributed by atoms with Gasteiger partial charge < -0.3 is 4.18 Å². The van der Waals surface area contributed by atoms with Crippen LogP contribution in [0.2, 0.25) is 0 Å². The van der Waals surface area contributed by atoms with Crippen molar-refractivity contribution < 1.29 is 4.18 Å². The van der Waals surface area contributed by atoms with Crippen LogP contribution in [-0.2, 0) is 4.18 Å². The zero-order chi connectivity index (χ0) is 9.56. The van der Waals surface area contributed by atoms with Gasteiger partial charge in [-0.3, -0.25) is 5.84 Å². The summed E-state index contributed by atoms with van der Waals surface area (Å²) in [5, 5.41) is 0. The summed E-state index contributed by atoms with van der Waals surface area (Å²) in [5.41, 5.74) is 1.20. The molecule has 0 aromatic carbocycles. The minimum Gasteiger partial charge on any atom is -0.409 e. The van der Waals surface area contributed by atoms with Crippen LogP contribution >= 0.6 is 12.2 Å². The standard InChI is InChI=1S/C8H16N2OS/c1-5-8(6-7(2)3)11-12-10(4)9/h5-6H,9H2,1-4H3/b8-5+. The Morgan fingerprint density at radius 3 is 2.42 bits per heavy atom. The minimum atomic E-state index is 0.817. The smallest absolute Gasteiger partial charge is 0.161 e. The van der Waals surface area contributed by atoms with E-state index < -0.39 is 0 Å². The molecule has 0 fully saturated rings. The normalized spacial score (nSPS) is 11.7. The molecule has 0 aliphatic carbocycles. The second-order valence-electron chi connectivity index (χ2n) is 2.62. The van der Waals surface area contributed by atoms with Crippen molar-refractivity contribution in [2.45, 2.75) is 20.8 Å². The van der Waals surface area contributed by atoms with Gasteiger partial charge in [-0.05, 0) is 32.9 Å². The van der Waals surface area contributed by atoms with Gasteiger partial charge in [0.05, 0.1) is 0 Å². The van der Waals surface area contributed by atoms with E-state index in [1.807, 2.05) is 32.9 Å². The molecular formula is C8H16N2OS. The molecule has 0 bridgehead atoms. The molecular weight excluding hydrogens is 172 g/mol. The molecule has 0 saturated heterocycles. The molecule has 0 rings (SSSR count). The molecule has 0 spiro atoms. The Kier molecular flexibility index (Phi) is 5.88. The van der Waals surface area contributed by atoms with Gasteiger partial charge in [0.15, 0.2) is 12.2 Å². The molecule has 0 aromatic heterocycles. The summed E-state index contributed by atoms with van der Waals surface area (Å²) in [4.78, 5) is 0. The van der Waals surface area contributed by atoms with E-state index in [1.54, 1.807) is 7.05 Å². The molecule has 12 heavy (non-hydrogen) atoms. The lowest BCUT2D eigenvalue weighted by Gasteiger charge is -2.08. The number of hydrogen-bond acceptors (Lipinski definition) is 4. The maximum absolute atomic E-state index is 5.35. The minimum absolute atomic E-state index is 0.817. The van der Waals surface area contributed by atoms with Gasteiger partial charge in [-0.1, -0.05) is 5.57 Å². The lowest BCUT2D eigenvalue weighted by molar-refractivity contribution is 0.464. The third-order valence-electron chi connectivity index (χ3n) is 0.967. The second kappa shape index (κ2) is 6.11. The van der Waals surface area contributed by atoms with E-state index in [-0.39, 0.29) is 0 Å². The van der Waals surface area contributed by atoms with Crippen LogP contribution in [0.15, 0.2) is 23.5 Å². The number of hydrogen-bond donors (Lipinski definition) is 1. The van der Waals surface area contributed by atoms with E-state index >= 15 is 0 Å². The van der Waals surface area contributed by atoms with Crippen molar-refractivity contribution in [1.82, 2.24) is 4.41 Å². The predicted octanol–water partition coefficient (Wildman–Crippen LogP) is 2.24. The zero-order valence-corrected chi connectivity index (χ0v) is 8.81. The number of nitrogens with zero attached hydrogens (tertiary/aromatic N) is 1. The fourth-order valence-corrected chi connectivity index (χ4v) is 0.890. The Morgan fingerprint density at radius 2 is 2.08 bits per heavy atom. The lowest BCUT2D eigenvalue weighted by Crippen LogP contribution is -2.17.